The van der Waals surface area contributed by atoms with Gasteiger partial charge in [-0.2, -0.15) is 0 Å². The molecule has 0 fully saturated rings. The first kappa shape index (κ1) is 8.61. The van der Waals surface area contributed by atoms with E-state index in [1.165, 1.54) is 18.2 Å². The number of hydrogen-bond acceptors (Lipinski definition) is 0. The summed E-state index contributed by atoms with van der Waals surface area (Å²) in [5.74, 6) is 0. The Bertz CT molecular complexity index is 156. The molecule has 0 unspecified atom stereocenters. The van der Waals surface area contributed by atoms with Crippen LogP contribution < -0.4 is 4.46 Å². The molecule has 0 N–H and O–H groups in total. The molecule has 0 aliphatic heterocycles. The summed E-state index contributed by atoms with van der Waals surface area (Å²) in [7, 11) is 0. The Labute approximate surface area is 74.9 Å². The Morgan fingerprint density at radius 1 is 1.60 bits per heavy atom. The third-order valence-corrected chi connectivity index (χ3v) is 5.72. The minimum atomic E-state index is 0.712. The van der Waals surface area contributed by atoms with E-state index in [1.54, 1.807) is 4.46 Å². The van der Waals surface area contributed by atoms with Crippen LogP contribution in [0.1, 0.15) is 19.8 Å². The Balaban J connectivity index is 2.15. The van der Waals surface area contributed by atoms with Crippen LogP contribution in [0.4, 0.5) is 0 Å². The Hall–Kier alpha value is 0.519. The van der Waals surface area contributed by atoms with Crippen molar-refractivity contribution in [3.05, 3.63) is 15.9 Å². The molecule has 0 atom stereocenters. The van der Waals surface area contributed by atoms with Crippen molar-refractivity contribution in [1.29, 1.82) is 0 Å². The van der Waals surface area contributed by atoms with Gasteiger partial charge in [0.05, 0.1) is 0 Å². The van der Waals surface area contributed by atoms with Gasteiger partial charge >= 0.3 is 75.0 Å². The second kappa shape index (κ2) is 5.21. The molecule has 0 aliphatic carbocycles. The summed E-state index contributed by atoms with van der Waals surface area (Å²) < 4.78 is 1.64. The molecule has 0 aliphatic rings. The molecule has 1 aromatic heterocycles. The van der Waals surface area contributed by atoms with Gasteiger partial charge in [-0.05, 0) is 0 Å². The van der Waals surface area contributed by atoms with Gasteiger partial charge in [0.1, 0.15) is 0 Å². The van der Waals surface area contributed by atoms with E-state index in [9.17, 15) is 0 Å². The SMILES string of the molecule is CCCC[Se]c1cc[se]c1. The maximum atomic E-state index is 2.42. The van der Waals surface area contributed by atoms with Gasteiger partial charge < -0.3 is 0 Å². The second-order valence-electron chi connectivity index (χ2n) is 2.16. The van der Waals surface area contributed by atoms with Crippen molar-refractivity contribution >= 4 is 33.9 Å². The van der Waals surface area contributed by atoms with Crippen LogP contribution in [0.5, 0.6) is 0 Å². The van der Waals surface area contributed by atoms with Crippen LogP contribution in [0, 0.1) is 0 Å². The van der Waals surface area contributed by atoms with Gasteiger partial charge in [0, 0.05) is 0 Å². The normalized spacial score (nSPS) is 10.1. The first-order valence-corrected chi connectivity index (χ1v) is 7.63. The number of hydrogen-bond donors (Lipinski definition) is 0. The van der Waals surface area contributed by atoms with Crippen molar-refractivity contribution in [2.24, 2.45) is 0 Å². The van der Waals surface area contributed by atoms with Gasteiger partial charge in [-0.15, -0.1) is 0 Å². The molecule has 10 heavy (non-hydrogen) atoms. The molecule has 0 nitrogen and oxygen atoms in total. The van der Waals surface area contributed by atoms with Crippen LogP contribution in [-0.4, -0.2) is 29.5 Å². The van der Waals surface area contributed by atoms with Crippen LogP contribution >= 0.6 is 0 Å². The number of unbranched alkanes of at least 4 members (excludes halogenated alkanes) is 1. The van der Waals surface area contributed by atoms with Gasteiger partial charge in [-0.3, -0.25) is 0 Å². The van der Waals surface area contributed by atoms with Crippen LogP contribution in [0.3, 0.4) is 0 Å². The molecule has 0 spiro atoms. The molecule has 0 saturated heterocycles. The zero-order valence-corrected chi connectivity index (χ0v) is 9.60. The average molecular weight is 266 g/mol. The van der Waals surface area contributed by atoms with Crippen LogP contribution in [0.2, 0.25) is 5.32 Å². The van der Waals surface area contributed by atoms with Crippen molar-refractivity contribution in [2.75, 3.05) is 0 Å². The Morgan fingerprint density at radius 3 is 3.10 bits per heavy atom. The fourth-order valence-corrected chi connectivity index (χ4v) is 5.43. The fourth-order valence-electron chi connectivity index (χ4n) is 0.668. The summed E-state index contributed by atoms with van der Waals surface area (Å²) in [6, 6.07) is 2.32. The Morgan fingerprint density at radius 2 is 2.50 bits per heavy atom. The molecular formula is C8H12Se2. The van der Waals surface area contributed by atoms with Crippen LogP contribution in [0.25, 0.3) is 0 Å². The molecule has 1 heterocycles. The summed E-state index contributed by atoms with van der Waals surface area (Å²) in [5.41, 5.74) is 0. The van der Waals surface area contributed by atoms with Gasteiger partial charge in [0.25, 0.3) is 0 Å². The fraction of sp³-hybridized carbons (Fsp3) is 0.500. The molecular weight excluding hydrogens is 254 g/mol. The van der Waals surface area contributed by atoms with E-state index in [0.717, 1.165) is 15.0 Å². The quantitative estimate of drug-likeness (QED) is 0.569. The second-order valence-corrected chi connectivity index (χ2v) is 6.25. The zero-order valence-electron chi connectivity index (χ0n) is 6.17. The van der Waals surface area contributed by atoms with E-state index < -0.39 is 0 Å². The predicted octanol–water partition coefficient (Wildman–Crippen LogP) is 1.29. The molecule has 0 bridgehead atoms. The summed E-state index contributed by atoms with van der Waals surface area (Å²) in [4.78, 5) is 4.73. The third kappa shape index (κ3) is 3.07. The molecule has 56 valence electrons. The van der Waals surface area contributed by atoms with E-state index in [4.69, 9.17) is 0 Å². The summed E-state index contributed by atoms with van der Waals surface area (Å²) in [5, 5.41) is 1.44. The van der Waals surface area contributed by atoms with E-state index in [2.05, 4.69) is 22.9 Å². The van der Waals surface area contributed by atoms with Crippen molar-refractivity contribution < 1.29 is 0 Å². The molecule has 1 aromatic rings. The van der Waals surface area contributed by atoms with Crippen molar-refractivity contribution in [3.8, 4) is 0 Å². The molecule has 0 saturated carbocycles. The standard InChI is InChI=1S/C8H12Se2/c1-2-3-5-10-8-4-6-9-7-8/h4,6-7H,2-3,5H2,1H3. The first-order valence-electron chi connectivity index (χ1n) is 3.58. The molecule has 1 rings (SSSR count). The third-order valence-electron chi connectivity index (χ3n) is 1.26. The van der Waals surface area contributed by atoms with E-state index in [1.807, 2.05) is 0 Å². The summed E-state index contributed by atoms with van der Waals surface area (Å²) in [6.45, 7) is 2.26. The first-order chi connectivity index (χ1) is 4.93. The topological polar surface area (TPSA) is 0 Å². The molecule has 0 amide bonds. The van der Waals surface area contributed by atoms with Crippen molar-refractivity contribution in [2.45, 2.75) is 25.1 Å². The molecule has 0 radical (unpaired) electrons. The predicted molar refractivity (Wildman–Crippen MR) is 48.5 cm³/mol. The van der Waals surface area contributed by atoms with E-state index in [0.29, 0.717) is 14.5 Å². The van der Waals surface area contributed by atoms with Crippen LogP contribution in [0.15, 0.2) is 15.9 Å². The minimum absolute atomic E-state index is 0.712. The summed E-state index contributed by atoms with van der Waals surface area (Å²) >= 11 is 1.51. The van der Waals surface area contributed by atoms with Crippen LogP contribution in [-0.2, 0) is 0 Å². The summed E-state index contributed by atoms with van der Waals surface area (Å²) in [6.07, 6.45) is 2.77. The van der Waals surface area contributed by atoms with E-state index in [-0.39, 0.29) is 0 Å². The van der Waals surface area contributed by atoms with E-state index >= 15 is 0 Å². The molecule has 0 aromatic carbocycles. The van der Waals surface area contributed by atoms with Gasteiger partial charge in [0.2, 0.25) is 0 Å². The van der Waals surface area contributed by atoms with Crippen molar-refractivity contribution in [1.82, 2.24) is 0 Å². The average Bonchev–Trinajstić information content (AvgIpc) is 2.41. The monoisotopic (exact) mass is 268 g/mol. The number of rotatable bonds is 4. The van der Waals surface area contributed by atoms with Gasteiger partial charge in [0.15, 0.2) is 0 Å². The maximum absolute atomic E-state index is 2.42. The van der Waals surface area contributed by atoms with Gasteiger partial charge in [-0.1, -0.05) is 0 Å². The van der Waals surface area contributed by atoms with Gasteiger partial charge in [-0.25, -0.2) is 0 Å². The zero-order chi connectivity index (χ0) is 7.23. The Kier molecular flexibility index (Phi) is 4.48. The molecule has 2 heteroatoms. The van der Waals surface area contributed by atoms with Crippen molar-refractivity contribution in [3.63, 3.8) is 0 Å².